The first-order valence-electron chi connectivity index (χ1n) is 6.65. The molecule has 0 bridgehead atoms. The summed E-state index contributed by atoms with van der Waals surface area (Å²) >= 11 is 1.83. The van der Waals surface area contributed by atoms with Crippen LogP contribution in [0.25, 0.3) is 0 Å². The van der Waals surface area contributed by atoms with Crippen molar-refractivity contribution in [1.29, 1.82) is 0 Å². The van der Waals surface area contributed by atoms with Crippen LogP contribution in [0.2, 0.25) is 0 Å². The lowest BCUT2D eigenvalue weighted by Crippen LogP contribution is -2.31. The van der Waals surface area contributed by atoms with Crippen LogP contribution in [0, 0.1) is 0 Å². The fourth-order valence-corrected chi connectivity index (χ4v) is 2.88. The van der Waals surface area contributed by atoms with E-state index in [2.05, 4.69) is 36.0 Å². The molecule has 4 heteroatoms. The molecule has 0 aliphatic heterocycles. The minimum absolute atomic E-state index is 0.533. The maximum atomic E-state index is 4.56. The first-order valence-corrected chi connectivity index (χ1v) is 7.47. The molecule has 0 atom stereocenters. The average molecular weight is 253 g/mol. The third-order valence-corrected chi connectivity index (χ3v) is 4.05. The number of nitrogens with zero attached hydrogens (tertiary/aromatic N) is 2. The summed E-state index contributed by atoms with van der Waals surface area (Å²) in [6.07, 6.45) is 5.90. The molecule has 0 unspecified atom stereocenters. The Balaban J connectivity index is 1.93. The van der Waals surface area contributed by atoms with Crippen LogP contribution in [-0.2, 0) is 6.54 Å². The van der Waals surface area contributed by atoms with Crippen molar-refractivity contribution in [1.82, 2.24) is 10.3 Å². The van der Waals surface area contributed by atoms with Gasteiger partial charge in [-0.3, -0.25) is 0 Å². The zero-order valence-electron chi connectivity index (χ0n) is 11.1. The van der Waals surface area contributed by atoms with Crippen molar-refractivity contribution in [2.45, 2.75) is 58.7 Å². The van der Waals surface area contributed by atoms with E-state index in [9.17, 15) is 0 Å². The van der Waals surface area contributed by atoms with Crippen LogP contribution in [0.5, 0.6) is 0 Å². The van der Waals surface area contributed by atoms with E-state index in [0.29, 0.717) is 6.04 Å². The topological polar surface area (TPSA) is 28.2 Å². The summed E-state index contributed by atoms with van der Waals surface area (Å²) < 4.78 is 0. The second kappa shape index (κ2) is 5.83. The SMILES string of the molecule is CCCN(c1ncc(CNC2CC2)s1)C(C)C. The monoisotopic (exact) mass is 253 g/mol. The Bertz CT molecular complexity index is 344. The molecule has 96 valence electrons. The van der Waals surface area contributed by atoms with Crippen LogP contribution in [0.3, 0.4) is 0 Å². The molecule has 0 aromatic carbocycles. The molecule has 0 amide bonds. The molecule has 0 spiro atoms. The number of hydrogen-bond acceptors (Lipinski definition) is 4. The van der Waals surface area contributed by atoms with Gasteiger partial charge in [0, 0.05) is 36.2 Å². The molecule has 1 aromatic rings. The smallest absolute Gasteiger partial charge is 0.185 e. The summed E-state index contributed by atoms with van der Waals surface area (Å²) in [5.41, 5.74) is 0. The van der Waals surface area contributed by atoms with Crippen LogP contribution in [-0.4, -0.2) is 23.6 Å². The molecule has 1 aromatic heterocycles. The Morgan fingerprint density at radius 2 is 2.29 bits per heavy atom. The van der Waals surface area contributed by atoms with Gasteiger partial charge in [-0.1, -0.05) is 6.92 Å². The summed E-state index contributed by atoms with van der Waals surface area (Å²) in [5, 5.41) is 4.71. The normalized spacial score (nSPS) is 15.5. The van der Waals surface area contributed by atoms with E-state index < -0.39 is 0 Å². The van der Waals surface area contributed by atoms with Gasteiger partial charge >= 0.3 is 0 Å². The number of nitrogens with one attached hydrogen (secondary N) is 1. The van der Waals surface area contributed by atoms with Crippen LogP contribution in [0.15, 0.2) is 6.20 Å². The second-order valence-corrected chi connectivity index (χ2v) is 6.15. The first kappa shape index (κ1) is 12.8. The second-order valence-electron chi connectivity index (χ2n) is 5.05. The standard InChI is InChI=1S/C13H23N3S/c1-4-7-16(10(2)3)13-15-9-12(17-13)8-14-11-5-6-11/h9-11,14H,4-8H2,1-3H3. The zero-order valence-corrected chi connectivity index (χ0v) is 11.9. The molecular weight excluding hydrogens is 230 g/mol. The van der Waals surface area contributed by atoms with E-state index >= 15 is 0 Å². The number of anilines is 1. The molecule has 1 N–H and O–H groups in total. The van der Waals surface area contributed by atoms with Crippen molar-refractivity contribution < 1.29 is 0 Å². The highest BCUT2D eigenvalue weighted by Gasteiger charge is 2.20. The fraction of sp³-hybridized carbons (Fsp3) is 0.769. The van der Waals surface area contributed by atoms with E-state index in [0.717, 1.165) is 19.1 Å². The Morgan fingerprint density at radius 3 is 2.88 bits per heavy atom. The lowest BCUT2D eigenvalue weighted by molar-refractivity contribution is 0.669. The third kappa shape index (κ3) is 3.68. The third-order valence-electron chi connectivity index (χ3n) is 3.02. The zero-order chi connectivity index (χ0) is 12.3. The number of aromatic nitrogens is 1. The summed E-state index contributed by atoms with van der Waals surface area (Å²) in [7, 11) is 0. The van der Waals surface area contributed by atoms with Gasteiger partial charge in [-0.2, -0.15) is 0 Å². The molecule has 0 radical (unpaired) electrons. The summed E-state index contributed by atoms with van der Waals surface area (Å²) in [5.74, 6) is 0. The van der Waals surface area contributed by atoms with Gasteiger partial charge in [0.1, 0.15) is 0 Å². The van der Waals surface area contributed by atoms with Gasteiger partial charge in [0.2, 0.25) is 0 Å². The Labute approximate surface area is 108 Å². The highest BCUT2D eigenvalue weighted by atomic mass is 32.1. The molecule has 1 heterocycles. The lowest BCUT2D eigenvalue weighted by atomic mass is 10.3. The summed E-state index contributed by atoms with van der Waals surface area (Å²) in [4.78, 5) is 8.31. The minimum Gasteiger partial charge on any atom is -0.346 e. The maximum absolute atomic E-state index is 4.56. The predicted molar refractivity (Wildman–Crippen MR) is 74.7 cm³/mol. The molecule has 1 aliphatic rings. The van der Waals surface area contributed by atoms with Crippen molar-refractivity contribution in [3.63, 3.8) is 0 Å². The van der Waals surface area contributed by atoms with Crippen LogP contribution >= 0.6 is 11.3 Å². The summed E-state index contributed by atoms with van der Waals surface area (Å²) in [6.45, 7) is 8.78. The maximum Gasteiger partial charge on any atom is 0.185 e. The lowest BCUT2D eigenvalue weighted by Gasteiger charge is -2.25. The van der Waals surface area contributed by atoms with Gasteiger partial charge < -0.3 is 10.2 Å². The van der Waals surface area contributed by atoms with Crippen LogP contribution in [0.1, 0.15) is 44.9 Å². The molecule has 1 aliphatic carbocycles. The van der Waals surface area contributed by atoms with Crippen molar-refractivity contribution >= 4 is 16.5 Å². The van der Waals surface area contributed by atoms with Crippen molar-refractivity contribution in [2.75, 3.05) is 11.4 Å². The first-order chi connectivity index (χ1) is 8.20. The van der Waals surface area contributed by atoms with Crippen molar-refractivity contribution in [2.24, 2.45) is 0 Å². The van der Waals surface area contributed by atoms with E-state index in [-0.39, 0.29) is 0 Å². The van der Waals surface area contributed by atoms with Crippen molar-refractivity contribution in [3.05, 3.63) is 11.1 Å². The Morgan fingerprint density at radius 1 is 1.53 bits per heavy atom. The Hall–Kier alpha value is -0.610. The van der Waals surface area contributed by atoms with Gasteiger partial charge in [0.05, 0.1) is 0 Å². The number of rotatable bonds is 7. The van der Waals surface area contributed by atoms with Crippen LogP contribution < -0.4 is 10.2 Å². The highest BCUT2D eigenvalue weighted by molar-refractivity contribution is 7.15. The van der Waals surface area contributed by atoms with Gasteiger partial charge in [-0.05, 0) is 33.1 Å². The van der Waals surface area contributed by atoms with Gasteiger partial charge in [0.15, 0.2) is 5.13 Å². The van der Waals surface area contributed by atoms with E-state index in [1.165, 1.54) is 29.3 Å². The van der Waals surface area contributed by atoms with E-state index in [4.69, 9.17) is 0 Å². The molecular formula is C13H23N3S. The van der Waals surface area contributed by atoms with E-state index in [1.807, 2.05) is 17.5 Å². The molecule has 1 saturated carbocycles. The Kier molecular flexibility index (Phi) is 4.40. The fourth-order valence-electron chi connectivity index (χ4n) is 1.86. The van der Waals surface area contributed by atoms with Gasteiger partial charge in [-0.15, -0.1) is 11.3 Å². The molecule has 3 nitrogen and oxygen atoms in total. The molecule has 0 saturated heterocycles. The number of thiazole rings is 1. The molecule has 2 rings (SSSR count). The summed E-state index contributed by atoms with van der Waals surface area (Å²) in [6, 6.07) is 1.31. The van der Waals surface area contributed by atoms with Gasteiger partial charge in [-0.25, -0.2) is 4.98 Å². The number of hydrogen-bond donors (Lipinski definition) is 1. The average Bonchev–Trinajstić information content (AvgIpc) is 3.01. The molecule has 1 fully saturated rings. The van der Waals surface area contributed by atoms with E-state index in [1.54, 1.807) is 0 Å². The minimum atomic E-state index is 0.533. The molecule has 17 heavy (non-hydrogen) atoms. The van der Waals surface area contributed by atoms with Gasteiger partial charge in [0.25, 0.3) is 0 Å². The quantitative estimate of drug-likeness (QED) is 0.809. The van der Waals surface area contributed by atoms with Crippen LogP contribution in [0.4, 0.5) is 5.13 Å². The largest absolute Gasteiger partial charge is 0.346 e. The highest BCUT2D eigenvalue weighted by Crippen LogP contribution is 2.26. The predicted octanol–water partition coefficient (Wildman–Crippen LogP) is 3.02. The van der Waals surface area contributed by atoms with Crippen molar-refractivity contribution in [3.8, 4) is 0 Å².